The molecule has 4 nitrogen and oxygen atoms in total. The van der Waals surface area contributed by atoms with Crippen LogP contribution in [0.15, 0.2) is 0 Å². The molecule has 0 fully saturated rings. The van der Waals surface area contributed by atoms with Crippen LogP contribution in [0.5, 0.6) is 0 Å². The van der Waals surface area contributed by atoms with Crippen LogP contribution in [0, 0.1) is 19.8 Å². The van der Waals surface area contributed by atoms with Crippen LogP contribution in [0.4, 0.5) is 5.95 Å². The normalized spacial score (nSPS) is 11.2. The van der Waals surface area contributed by atoms with Gasteiger partial charge in [-0.3, -0.25) is 0 Å². The highest BCUT2D eigenvalue weighted by Gasteiger charge is 2.11. The number of nitrogens with one attached hydrogen (secondary N) is 1. The number of anilines is 1. The van der Waals surface area contributed by atoms with Gasteiger partial charge in [0.25, 0.3) is 0 Å². The molecule has 21 heavy (non-hydrogen) atoms. The zero-order valence-corrected chi connectivity index (χ0v) is 14.7. The maximum Gasteiger partial charge on any atom is 0.225 e. The van der Waals surface area contributed by atoms with E-state index in [9.17, 15) is 0 Å². The van der Waals surface area contributed by atoms with E-state index in [1.807, 2.05) is 0 Å². The molecule has 0 unspecified atom stereocenters. The fourth-order valence-corrected chi connectivity index (χ4v) is 2.51. The highest BCUT2D eigenvalue weighted by Crippen LogP contribution is 2.17. The molecule has 0 bridgehead atoms. The highest BCUT2D eigenvalue weighted by molar-refractivity contribution is 5.36. The second-order valence-corrected chi connectivity index (χ2v) is 6.05. The van der Waals surface area contributed by atoms with Crippen LogP contribution in [0.2, 0.25) is 0 Å². The lowest BCUT2D eigenvalue weighted by atomic mass is 10.1. The van der Waals surface area contributed by atoms with Crippen molar-refractivity contribution in [2.75, 3.05) is 31.1 Å². The van der Waals surface area contributed by atoms with Gasteiger partial charge in [0.2, 0.25) is 5.95 Å². The lowest BCUT2D eigenvalue weighted by Gasteiger charge is -2.20. The van der Waals surface area contributed by atoms with E-state index < -0.39 is 0 Å². The summed E-state index contributed by atoms with van der Waals surface area (Å²) in [5.41, 5.74) is 3.58. The summed E-state index contributed by atoms with van der Waals surface area (Å²) in [6, 6.07) is 0. The van der Waals surface area contributed by atoms with Gasteiger partial charge in [-0.25, -0.2) is 9.97 Å². The molecule has 120 valence electrons. The average molecular weight is 292 g/mol. The summed E-state index contributed by atoms with van der Waals surface area (Å²) in [4.78, 5) is 11.6. The highest BCUT2D eigenvalue weighted by atomic mass is 15.2. The van der Waals surface area contributed by atoms with Crippen LogP contribution in [-0.2, 0) is 6.42 Å². The molecule has 0 amide bonds. The van der Waals surface area contributed by atoms with Gasteiger partial charge in [0.15, 0.2) is 0 Å². The quantitative estimate of drug-likeness (QED) is 0.710. The van der Waals surface area contributed by atoms with E-state index in [0.717, 1.165) is 56.4 Å². The van der Waals surface area contributed by atoms with Crippen LogP contribution in [0.25, 0.3) is 0 Å². The van der Waals surface area contributed by atoms with E-state index in [2.05, 4.69) is 51.8 Å². The summed E-state index contributed by atoms with van der Waals surface area (Å²) in [7, 11) is 0. The Morgan fingerprint density at radius 1 is 1.05 bits per heavy atom. The van der Waals surface area contributed by atoms with Crippen LogP contribution in [0.3, 0.4) is 0 Å². The molecule has 0 aliphatic rings. The van der Waals surface area contributed by atoms with Gasteiger partial charge in [-0.15, -0.1) is 0 Å². The lowest BCUT2D eigenvalue weighted by Crippen LogP contribution is -2.25. The van der Waals surface area contributed by atoms with Crippen molar-refractivity contribution in [1.29, 1.82) is 0 Å². The molecule has 0 aromatic carbocycles. The third-order valence-corrected chi connectivity index (χ3v) is 3.79. The maximum absolute atomic E-state index is 4.70. The van der Waals surface area contributed by atoms with Crippen molar-refractivity contribution in [2.45, 2.75) is 54.4 Å². The predicted octanol–water partition coefficient (Wildman–Crippen LogP) is 3.12. The van der Waals surface area contributed by atoms with Gasteiger partial charge in [0.05, 0.1) is 0 Å². The number of rotatable bonds is 9. The lowest BCUT2D eigenvalue weighted by molar-refractivity contribution is 0.542. The molecule has 0 spiro atoms. The molecule has 0 atom stereocenters. The molecule has 1 rings (SSSR count). The molecule has 4 heteroatoms. The van der Waals surface area contributed by atoms with Gasteiger partial charge in [0.1, 0.15) is 0 Å². The van der Waals surface area contributed by atoms with Crippen LogP contribution < -0.4 is 10.2 Å². The molecule has 0 aliphatic heterocycles. The largest absolute Gasteiger partial charge is 0.341 e. The van der Waals surface area contributed by atoms with Gasteiger partial charge in [-0.05, 0) is 65.1 Å². The molecule has 1 aromatic rings. The van der Waals surface area contributed by atoms with E-state index in [-0.39, 0.29) is 0 Å². The summed E-state index contributed by atoms with van der Waals surface area (Å²) in [6.07, 6.45) is 2.20. The number of nitrogens with zero attached hydrogens (tertiary/aromatic N) is 3. The Morgan fingerprint density at radius 2 is 1.62 bits per heavy atom. The molecule has 0 aliphatic carbocycles. The number of aromatic nitrogens is 2. The molecule has 1 heterocycles. The van der Waals surface area contributed by atoms with Crippen molar-refractivity contribution in [3.63, 3.8) is 0 Å². The Kier molecular flexibility index (Phi) is 7.65. The molecule has 1 aromatic heterocycles. The second kappa shape index (κ2) is 8.98. The van der Waals surface area contributed by atoms with Crippen molar-refractivity contribution in [2.24, 2.45) is 5.92 Å². The smallest absolute Gasteiger partial charge is 0.225 e. The van der Waals surface area contributed by atoms with E-state index in [4.69, 9.17) is 9.97 Å². The predicted molar refractivity (Wildman–Crippen MR) is 91.1 cm³/mol. The number of hydrogen-bond donors (Lipinski definition) is 1. The van der Waals surface area contributed by atoms with Gasteiger partial charge in [-0.2, -0.15) is 0 Å². The number of hydrogen-bond acceptors (Lipinski definition) is 4. The van der Waals surface area contributed by atoms with Crippen LogP contribution in [-0.4, -0.2) is 36.1 Å². The fraction of sp³-hybridized carbons (Fsp3) is 0.765. The Hall–Kier alpha value is -1.16. The zero-order valence-electron chi connectivity index (χ0n) is 14.7. The maximum atomic E-state index is 4.70. The third kappa shape index (κ3) is 5.62. The topological polar surface area (TPSA) is 41.1 Å². The molecule has 0 saturated carbocycles. The average Bonchev–Trinajstić information content (AvgIpc) is 2.42. The first-order valence-corrected chi connectivity index (χ1v) is 8.29. The Morgan fingerprint density at radius 3 is 2.10 bits per heavy atom. The Labute approximate surface area is 130 Å². The van der Waals surface area contributed by atoms with E-state index in [1.165, 1.54) is 5.56 Å². The van der Waals surface area contributed by atoms with Crippen molar-refractivity contribution in [3.8, 4) is 0 Å². The summed E-state index contributed by atoms with van der Waals surface area (Å²) in [5.74, 6) is 1.59. The van der Waals surface area contributed by atoms with Crippen LogP contribution in [0.1, 0.15) is 51.1 Å². The SMILES string of the molecule is CCN(CC)c1nc(C)c(CCCNCC(C)C)c(C)n1. The number of aryl methyl sites for hydroxylation is 2. The van der Waals surface area contributed by atoms with Crippen molar-refractivity contribution < 1.29 is 0 Å². The van der Waals surface area contributed by atoms with Gasteiger partial charge < -0.3 is 10.2 Å². The molecule has 0 radical (unpaired) electrons. The molecular formula is C17H32N4. The monoisotopic (exact) mass is 292 g/mol. The first-order chi connectivity index (χ1) is 9.99. The fourth-order valence-electron chi connectivity index (χ4n) is 2.51. The Balaban J connectivity index is 2.63. The van der Waals surface area contributed by atoms with Crippen molar-refractivity contribution in [1.82, 2.24) is 15.3 Å². The minimum Gasteiger partial charge on any atom is -0.341 e. The zero-order chi connectivity index (χ0) is 15.8. The minimum absolute atomic E-state index is 0.713. The van der Waals surface area contributed by atoms with Crippen molar-refractivity contribution in [3.05, 3.63) is 17.0 Å². The first kappa shape index (κ1) is 17.9. The summed E-state index contributed by atoms with van der Waals surface area (Å²) >= 11 is 0. The third-order valence-electron chi connectivity index (χ3n) is 3.79. The summed E-state index contributed by atoms with van der Waals surface area (Å²) in [5, 5.41) is 3.49. The van der Waals surface area contributed by atoms with Crippen molar-refractivity contribution >= 4 is 5.95 Å². The standard InChI is InChI=1S/C17H32N4/c1-7-21(8-2)17-19-14(5)16(15(6)20-17)10-9-11-18-12-13(3)4/h13,18H,7-12H2,1-6H3. The molecule has 0 saturated heterocycles. The molecular weight excluding hydrogens is 260 g/mol. The molecule has 1 N–H and O–H groups in total. The minimum atomic E-state index is 0.713. The van der Waals surface area contributed by atoms with Gasteiger partial charge in [-0.1, -0.05) is 13.8 Å². The van der Waals surface area contributed by atoms with E-state index in [1.54, 1.807) is 0 Å². The summed E-state index contributed by atoms with van der Waals surface area (Å²) in [6.45, 7) is 17.0. The van der Waals surface area contributed by atoms with E-state index >= 15 is 0 Å². The Bertz CT molecular complexity index is 402. The van der Waals surface area contributed by atoms with Gasteiger partial charge in [0, 0.05) is 24.5 Å². The van der Waals surface area contributed by atoms with E-state index in [0.29, 0.717) is 5.92 Å². The van der Waals surface area contributed by atoms with Gasteiger partial charge >= 0.3 is 0 Å². The van der Waals surface area contributed by atoms with Crippen LogP contribution >= 0.6 is 0 Å². The first-order valence-electron chi connectivity index (χ1n) is 8.29. The summed E-state index contributed by atoms with van der Waals surface area (Å²) < 4.78 is 0. The second-order valence-electron chi connectivity index (χ2n) is 6.05.